The first-order valence-electron chi connectivity index (χ1n) is 8.87. The summed E-state index contributed by atoms with van der Waals surface area (Å²) in [6.45, 7) is 1.88. The lowest BCUT2D eigenvalue weighted by Gasteiger charge is -2.43. The molecule has 1 amide bonds. The smallest absolute Gasteiger partial charge is 0.260 e. The Morgan fingerprint density at radius 1 is 1.07 bits per heavy atom. The molecule has 2 aliphatic heterocycles. The second kappa shape index (κ2) is 7.39. The van der Waals surface area contributed by atoms with Crippen molar-refractivity contribution in [1.82, 2.24) is 30.0 Å². The third-order valence-electron chi connectivity index (χ3n) is 5.14. The summed E-state index contributed by atoms with van der Waals surface area (Å²) in [6.07, 6.45) is 3.06. The number of hydrazine groups is 1. The molecule has 9 nitrogen and oxygen atoms in total. The van der Waals surface area contributed by atoms with Crippen LogP contribution in [-0.2, 0) is 14.8 Å². The van der Waals surface area contributed by atoms with Gasteiger partial charge in [0, 0.05) is 38.6 Å². The summed E-state index contributed by atoms with van der Waals surface area (Å²) in [6, 6.07) is 9.89. The number of nitrogens with zero attached hydrogens (tertiary/aromatic N) is 3. The molecule has 1 aromatic heterocycles. The van der Waals surface area contributed by atoms with Gasteiger partial charge in [0.15, 0.2) is 5.03 Å². The highest BCUT2D eigenvalue weighted by molar-refractivity contribution is 7.89. The molecule has 2 fully saturated rings. The molecule has 2 atom stereocenters. The van der Waals surface area contributed by atoms with Crippen LogP contribution in [0.2, 0.25) is 0 Å². The van der Waals surface area contributed by atoms with Gasteiger partial charge in [-0.3, -0.25) is 15.1 Å². The van der Waals surface area contributed by atoms with Crippen molar-refractivity contribution in [3.8, 4) is 0 Å². The Morgan fingerprint density at radius 3 is 2.48 bits per heavy atom. The highest BCUT2D eigenvalue weighted by Crippen LogP contribution is 2.27. The molecule has 10 heteroatoms. The van der Waals surface area contributed by atoms with Gasteiger partial charge in [0.1, 0.15) is 0 Å². The van der Waals surface area contributed by atoms with E-state index >= 15 is 0 Å². The van der Waals surface area contributed by atoms with E-state index in [9.17, 15) is 13.2 Å². The van der Waals surface area contributed by atoms with Crippen LogP contribution in [0, 0.1) is 0 Å². The first-order chi connectivity index (χ1) is 13.1. The second-order valence-electron chi connectivity index (χ2n) is 6.71. The van der Waals surface area contributed by atoms with E-state index in [1.807, 2.05) is 30.3 Å². The van der Waals surface area contributed by atoms with Crippen LogP contribution >= 0.6 is 0 Å². The summed E-state index contributed by atoms with van der Waals surface area (Å²) >= 11 is 0. The monoisotopic (exact) mass is 390 g/mol. The third-order valence-corrected chi connectivity index (χ3v) is 6.96. The number of H-pyrrole nitrogens is 1. The molecule has 0 bridgehead atoms. The van der Waals surface area contributed by atoms with Gasteiger partial charge in [0.25, 0.3) is 10.0 Å². The fourth-order valence-corrected chi connectivity index (χ4v) is 5.04. The van der Waals surface area contributed by atoms with Crippen molar-refractivity contribution in [2.24, 2.45) is 0 Å². The van der Waals surface area contributed by atoms with Gasteiger partial charge in [-0.05, 0) is 5.56 Å². The van der Waals surface area contributed by atoms with Crippen molar-refractivity contribution in [2.45, 2.75) is 23.5 Å². The second-order valence-corrected chi connectivity index (χ2v) is 8.61. The number of benzene rings is 1. The van der Waals surface area contributed by atoms with Crippen molar-refractivity contribution < 1.29 is 13.2 Å². The summed E-state index contributed by atoms with van der Waals surface area (Å²) in [5.74, 6) is -0.0558. The molecule has 0 aliphatic carbocycles. The lowest BCUT2D eigenvalue weighted by atomic mass is 9.94. The Bertz CT molecular complexity index is 879. The van der Waals surface area contributed by atoms with E-state index in [4.69, 9.17) is 0 Å². The summed E-state index contributed by atoms with van der Waals surface area (Å²) in [5, 5.41) is 0.108. The van der Waals surface area contributed by atoms with E-state index < -0.39 is 10.0 Å². The van der Waals surface area contributed by atoms with E-state index in [-0.39, 0.29) is 23.0 Å². The van der Waals surface area contributed by atoms with Crippen LogP contribution in [0.5, 0.6) is 0 Å². The number of hydrogen-bond donors (Lipinski definition) is 3. The zero-order valence-electron chi connectivity index (χ0n) is 14.7. The number of aromatic amines is 1. The number of carbonyl (C=O) groups excluding carboxylic acids is 1. The van der Waals surface area contributed by atoms with Crippen LogP contribution in [0.4, 0.5) is 0 Å². The lowest BCUT2D eigenvalue weighted by molar-refractivity contribution is -0.127. The molecule has 3 N–H and O–H groups in total. The van der Waals surface area contributed by atoms with Crippen molar-refractivity contribution in [3.05, 3.63) is 48.4 Å². The number of carbonyl (C=O) groups is 1. The van der Waals surface area contributed by atoms with Gasteiger partial charge >= 0.3 is 0 Å². The maximum absolute atomic E-state index is 12.6. The Balaban J connectivity index is 1.48. The van der Waals surface area contributed by atoms with Crippen LogP contribution in [-0.4, -0.2) is 65.7 Å². The molecule has 2 aliphatic rings. The summed E-state index contributed by atoms with van der Waals surface area (Å²) < 4.78 is 26.7. The van der Waals surface area contributed by atoms with Crippen molar-refractivity contribution in [1.29, 1.82) is 0 Å². The van der Waals surface area contributed by atoms with E-state index in [2.05, 4.69) is 25.7 Å². The fourth-order valence-electron chi connectivity index (χ4n) is 3.72. The number of sulfonamides is 1. The SMILES string of the molecule is O=C1CC(N2CCN(S(=O)(=O)c3cnc[nH]3)CC2)C(c2ccccc2)NN1. The van der Waals surface area contributed by atoms with Gasteiger partial charge in [-0.25, -0.2) is 18.8 Å². The number of nitrogens with one attached hydrogen (secondary N) is 3. The maximum Gasteiger partial charge on any atom is 0.260 e. The molecule has 4 rings (SSSR count). The highest BCUT2D eigenvalue weighted by Gasteiger charge is 2.38. The average Bonchev–Trinajstić information content (AvgIpc) is 3.24. The molecule has 2 unspecified atom stereocenters. The van der Waals surface area contributed by atoms with Crippen LogP contribution in [0.25, 0.3) is 0 Å². The van der Waals surface area contributed by atoms with Crippen LogP contribution in [0.3, 0.4) is 0 Å². The van der Waals surface area contributed by atoms with E-state index in [0.717, 1.165) is 5.56 Å². The Hall–Kier alpha value is -2.27. The molecular weight excluding hydrogens is 368 g/mol. The summed E-state index contributed by atoms with van der Waals surface area (Å²) in [5.41, 5.74) is 6.92. The largest absolute Gasteiger partial charge is 0.335 e. The molecule has 144 valence electrons. The highest BCUT2D eigenvalue weighted by atomic mass is 32.2. The minimum absolute atomic E-state index is 0.0295. The predicted octanol–water partition coefficient (Wildman–Crippen LogP) is -0.150. The molecule has 0 saturated carbocycles. The average molecular weight is 390 g/mol. The topological polar surface area (TPSA) is 110 Å². The lowest BCUT2D eigenvalue weighted by Crippen LogP contribution is -2.60. The summed E-state index contributed by atoms with van der Waals surface area (Å²) in [4.78, 5) is 20.6. The van der Waals surface area contributed by atoms with E-state index in [1.165, 1.54) is 16.8 Å². The van der Waals surface area contributed by atoms with E-state index in [0.29, 0.717) is 32.6 Å². The van der Waals surface area contributed by atoms with Gasteiger partial charge in [-0.1, -0.05) is 30.3 Å². The molecule has 2 aromatic rings. The Labute approximate surface area is 157 Å². The number of hydrogen-bond acceptors (Lipinski definition) is 6. The quantitative estimate of drug-likeness (QED) is 0.670. The summed E-state index contributed by atoms with van der Waals surface area (Å²) in [7, 11) is -3.56. The zero-order chi connectivity index (χ0) is 18.9. The molecule has 2 saturated heterocycles. The number of imidazole rings is 1. The molecular formula is C17H22N6O3S. The molecule has 0 radical (unpaired) electrons. The standard InChI is InChI=1S/C17H22N6O3S/c24-15-10-14(17(21-20-15)13-4-2-1-3-5-13)22-6-8-23(9-7-22)27(25,26)16-11-18-12-19-16/h1-5,11-12,14,17,21H,6-10H2,(H,18,19)(H,20,24). The van der Waals surface area contributed by atoms with Crippen LogP contribution < -0.4 is 10.9 Å². The zero-order valence-corrected chi connectivity index (χ0v) is 15.5. The van der Waals surface area contributed by atoms with Crippen LogP contribution in [0.1, 0.15) is 18.0 Å². The van der Waals surface area contributed by atoms with Crippen molar-refractivity contribution in [3.63, 3.8) is 0 Å². The van der Waals surface area contributed by atoms with Crippen molar-refractivity contribution >= 4 is 15.9 Å². The first-order valence-corrected chi connectivity index (χ1v) is 10.3. The number of aromatic nitrogens is 2. The fraction of sp³-hybridized carbons (Fsp3) is 0.412. The number of amides is 1. The van der Waals surface area contributed by atoms with Gasteiger partial charge in [-0.2, -0.15) is 4.31 Å². The minimum atomic E-state index is -3.56. The van der Waals surface area contributed by atoms with Crippen LogP contribution in [0.15, 0.2) is 47.9 Å². The van der Waals surface area contributed by atoms with Gasteiger partial charge in [-0.15, -0.1) is 0 Å². The van der Waals surface area contributed by atoms with Crippen molar-refractivity contribution in [2.75, 3.05) is 26.2 Å². The number of piperazine rings is 1. The molecule has 1 aromatic carbocycles. The molecule has 3 heterocycles. The first kappa shape index (κ1) is 18.1. The predicted molar refractivity (Wildman–Crippen MR) is 97.8 cm³/mol. The Morgan fingerprint density at radius 2 is 1.81 bits per heavy atom. The van der Waals surface area contributed by atoms with Gasteiger partial charge in [0.05, 0.1) is 18.6 Å². The normalized spacial score (nSPS) is 25.3. The maximum atomic E-state index is 12.6. The third kappa shape index (κ3) is 3.61. The van der Waals surface area contributed by atoms with Gasteiger partial charge < -0.3 is 4.98 Å². The molecule has 27 heavy (non-hydrogen) atoms. The number of rotatable bonds is 4. The van der Waals surface area contributed by atoms with Gasteiger partial charge in [0.2, 0.25) is 5.91 Å². The van der Waals surface area contributed by atoms with E-state index in [1.54, 1.807) is 0 Å². The Kier molecular flexibility index (Phi) is 4.96. The minimum Gasteiger partial charge on any atom is -0.335 e. The molecule has 0 spiro atoms.